The van der Waals surface area contributed by atoms with Crippen LogP contribution < -0.4 is 0 Å². The van der Waals surface area contributed by atoms with Crippen LogP contribution in [0.25, 0.3) is 0 Å². The topological polar surface area (TPSA) is 17.1 Å². The number of hydrogen-bond acceptors (Lipinski definition) is 1. The zero-order valence-electron chi connectivity index (χ0n) is 9.74. The third-order valence-corrected chi connectivity index (χ3v) is 5.06. The highest BCUT2D eigenvalue weighted by molar-refractivity contribution is 5.84. The van der Waals surface area contributed by atoms with E-state index in [-0.39, 0.29) is 0 Å². The third-order valence-electron chi connectivity index (χ3n) is 5.06. The van der Waals surface area contributed by atoms with Gasteiger partial charge in [0, 0.05) is 11.8 Å². The normalized spacial score (nSPS) is 48.7. The van der Waals surface area contributed by atoms with E-state index < -0.39 is 0 Å². The number of carbonyl (C=O) groups excluding carboxylic acids is 1. The quantitative estimate of drug-likeness (QED) is 0.676. The molecule has 15 heavy (non-hydrogen) atoms. The lowest BCUT2D eigenvalue weighted by Gasteiger charge is -2.27. The summed E-state index contributed by atoms with van der Waals surface area (Å²) in [5, 5.41) is 0. The van der Waals surface area contributed by atoms with Gasteiger partial charge in [-0.3, -0.25) is 4.79 Å². The highest BCUT2D eigenvalue weighted by Crippen LogP contribution is 2.55. The van der Waals surface area contributed by atoms with Gasteiger partial charge in [-0.25, -0.2) is 0 Å². The number of hydrogen-bond donors (Lipinski definition) is 0. The molecular formula is C14H22O. The summed E-state index contributed by atoms with van der Waals surface area (Å²) >= 11 is 0. The second-order valence-electron chi connectivity index (χ2n) is 6.28. The molecule has 3 saturated carbocycles. The van der Waals surface area contributed by atoms with Crippen molar-refractivity contribution in [2.45, 2.75) is 51.9 Å². The van der Waals surface area contributed by atoms with Crippen molar-refractivity contribution in [2.24, 2.45) is 29.6 Å². The van der Waals surface area contributed by atoms with E-state index in [2.05, 4.69) is 6.92 Å². The van der Waals surface area contributed by atoms with Gasteiger partial charge in [-0.05, 0) is 49.9 Å². The van der Waals surface area contributed by atoms with Crippen LogP contribution in [0.5, 0.6) is 0 Å². The Kier molecular flexibility index (Phi) is 2.37. The Hall–Kier alpha value is -0.330. The van der Waals surface area contributed by atoms with Gasteiger partial charge in [0.25, 0.3) is 0 Å². The predicted molar refractivity (Wildman–Crippen MR) is 60.5 cm³/mol. The van der Waals surface area contributed by atoms with Gasteiger partial charge >= 0.3 is 0 Å². The van der Waals surface area contributed by atoms with E-state index in [4.69, 9.17) is 0 Å². The van der Waals surface area contributed by atoms with Gasteiger partial charge < -0.3 is 0 Å². The number of carbonyl (C=O) groups is 1. The number of Topliss-reactive ketones (excluding diaryl/α,β-unsaturated/α-hetero) is 1. The van der Waals surface area contributed by atoms with Crippen LogP contribution in [-0.4, -0.2) is 5.78 Å². The second kappa shape index (κ2) is 3.61. The molecule has 0 heterocycles. The zero-order chi connectivity index (χ0) is 10.4. The Morgan fingerprint density at radius 1 is 0.867 bits per heavy atom. The monoisotopic (exact) mass is 206 g/mol. The average Bonchev–Trinajstić information content (AvgIpc) is 2.86. The van der Waals surface area contributed by atoms with Crippen molar-refractivity contribution in [3.63, 3.8) is 0 Å². The summed E-state index contributed by atoms with van der Waals surface area (Å²) in [6, 6.07) is 0. The van der Waals surface area contributed by atoms with Crippen LogP contribution in [0.3, 0.4) is 0 Å². The molecule has 0 N–H and O–H groups in total. The SMILES string of the molecule is CC1CCC(C(=O)C2CC3CC3C2)CC1. The Labute approximate surface area is 92.6 Å². The number of ketones is 1. The van der Waals surface area contributed by atoms with E-state index in [0.29, 0.717) is 17.6 Å². The molecule has 0 spiro atoms. The molecule has 1 heteroatoms. The van der Waals surface area contributed by atoms with E-state index in [1.54, 1.807) is 0 Å². The first-order chi connectivity index (χ1) is 7.24. The summed E-state index contributed by atoms with van der Waals surface area (Å²) in [5.41, 5.74) is 0. The predicted octanol–water partition coefficient (Wildman–Crippen LogP) is 3.43. The van der Waals surface area contributed by atoms with Crippen molar-refractivity contribution in [3.8, 4) is 0 Å². The van der Waals surface area contributed by atoms with Gasteiger partial charge in [0.05, 0.1) is 0 Å². The zero-order valence-corrected chi connectivity index (χ0v) is 9.74. The van der Waals surface area contributed by atoms with Gasteiger partial charge in [0.2, 0.25) is 0 Å². The summed E-state index contributed by atoms with van der Waals surface area (Å²) in [7, 11) is 0. The molecule has 84 valence electrons. The van der Waals surface area contributed by atoms with E-state index >= 15 is 0 Å². The van der Waals surface area contributed by atoms with Crippen molar-refractivity contribution in [3.05, 3.63) is 0 Å². The highest BCUT2D eigenvalue weighted by Gasteiger charge is 2.48. The van der Waals surface area contributed by atoms with Crippen molar-refractivity contribution in [2.75, 3.05) is 0 Å². The van der Waals surface area contributed by atoms with Gasteiger partial charge in [0.15, 0.2) is 0 Å². The van der Waals surface area contributed by atoms with E-state index in [9.17, 15) is 4.79 Å². The first kappa shape index (κ1) is 9.86. The van der Waals surface area contributed by atoms with Crippen LogP contribution in [0.15, 0.2) is 0 Å². The minimum Gasteiger partial charge on any atom is -0.299 e. The first-order valence-corrected chi connectivity index (χ1v) is 6.77. The summed E-state index contributed by atoms with van der Waals surface area (Å²) < 4.78 is 0. The average molecular weight is 206 g/mol. The van der Waals surface area contributed by atoms with Crippen LogP contribution >= 0.6 is 0 Å². The Balaban J connectivity index is 1.55. The molecule has 0 aliphatic heterocycles. The Morgan fingerprint density at radius 2 is 1.47 bits per heavy atom. The van der Waals surface area contributed by atoms with E-state index in [0.717, 1.165) is 17.8 Å². The molecule has 0 radical (unpaired) electrons. The molecule has 0 amide bonds. The fourth-order valence-corrected chi connectivity index (χ4v) is 3.83. The fourth-order valence-electron chi connectivity index (χ4n) is 3.83. The highest BCUT2D eigenvalue weighted by atomic mass is 16.1. The van der Waals surface area contributed by atoms with E-state index in [1.165, 1.54) is 44.9 Å². The molecule has 1 nitrogen and oxygen atoms in total. The maximum absolute atomic E-state index is 12.3. The minimum atomic E-state index is 0.448. The van der Waals surface area contributed by atoms with Crippen molar-refractivity contribution in [1.29, 1.82) is 0 Å². The lowest BCUT2D eigenvalue weighted by Crippen LogP contribution is -2.26. The van der Waals surface area contributed by atoms with Crippen molar-refractivity contribution >= 4 is 5.78 Å². The molecule has 0 aromatic carbocycles. The lowest BCUT2D eigenvalue weighted by atomic mass is 9.77. The molecule has 0 bridgehead atoms. The number of fused-ring (bicyclic) bond motifs is 1. The summed E-state index contributed by atoms with van der Waals surface area (Å²) in [6.07, 6.45) is 8.88. The molecule has 3 fully saturated rings. The molecule has 0 aromatic heterocycles. The largest absolute Gasteiger partial charge is 0.299 e. The molecule has 0 aromatic rings. The molecule has 3 aliphatic carbocycles. The van der Waals surface area contributed by atoms with Gasteiger partial charge in [0.1, 0.15) is 5.78 Å². The summed E-state index contributed by atoms with van der Waals surface area (Å²) in [5.74, 6) is 4.36. The maximum atomic E-state index is 12.3. The van der Waals surface area contributed by atoms with Crippen LogP contribution in [0.4, 0.5) is 0 Å². The molecular weight excluding hydrogens is 184 g/mol. The first-order valence-electron chi connectivity index (χ1n) is 6.77. The van der Waals surface area contributed by atoms with Crippen LogP contribution in [-0.2, 0) is 4.79 Å². The molecule has 2 unspecified atom stereocenters. The summed E-state index contributed by atoms with van der Waals surface area (Å²) in [6.45, 7) is 2.32. The van der Waals surface area contributed by atoms with Crippen molar-refractivity contribution in [1.82, 2.24) is 0 Å². The Bertz CT molecular complexity index is 253. The lowest BCUT2D eigenvalue weighted by molar-refractivity contribution is -0.128. The van der Waals surface area contributed by atoms with E-state index in [1.807, 2.05) is 0 Å². The smallest absolute Gasteiger partial charge is 0.139 e. The van der Waals surface area contributed by atoms with Crippen LogP contribution in [0, 0.1) is 29.6 Å². The third kappa shape index (κ3) is 1.86. The van der Waals surface area contributed by atoms with Crippen LogP contribution in [0.1, 0.15) is 51.9 Å². The molecule has 0 saturated heterocycles. The minimum absolute atomic E-state index is 0.448. The van der Waals surface area contributed by atoms with Crippen molar-refractivity contribution < 1.29 is 4.79 Å². The van der Waals surface area contributed by atoms with Gasteiger partial charge in [-0.2, -0.15) is 0 Å². The van der Waals surface area contributed by atoms with Gasteiger partial charge in [-0.1, -0.05) is 19.8 Å². The number of rotatable bonds is 2. The maximum Gasteiger partial charge on any atom is 0.139 e. The van der Waals surface area contributed by atoms with Crippen LogP contribution in [0.2, 0.25) is 0 Å². The second-order valence-corrected chi connectivity index (χ2v) is 6.28. The molecule has 2 atom stereocenters. The Morgan fingerprint density at radius 3 is 2.07 bits per heavy atom. The standard InChI is InChI=1S/C14H22O/c1-9-2-4-10(5-3-9)14(15)13-7-11-6-12(11)8-13/h9-13H,2-8H2,1H3. The molecule has 3 aliphatic rings. The van der Waals surface area contributed by atoms with Gasteiger partial charge in [-0.15, -0.1) is 0 Å². The molecule has 3 rings (SSSR count). The summed E-state index contributed by atoms with van der Waals surface area (Å²) in [4.78, 5) is 12.3. The fraction of sp³-hybridized carbons (Fsp3) is 0.929.